The lowest BCUT2D eigenvalue weighted by Crippen LogP contribution is -2.38. The second-order valence-corrected chi connectivity index (χ2v) is 4.83. The predicted molar refractivity (Wildman–Crippen MR) is 70.2 cm³/mol. The smallest absolute Gasteiger partial charge is 0.128 e. The van der Waals surface area contributed by atoms with Gasteiger partial charge in [-0.1, -0.05) is 25.4 Å². The Kier molecular flexibility index (Phi) is 5.95. The van der Waals surface area contributed by atoms with Crippen LogP contribution < -0.4 is 5.32 Å². The molecule has 1 unspecified atom stereocenters. The quantitative estimate of drug-likeness (QED) is 0.816. The van der Waals surface area contributed by atoms with Crippen LogP contribution in [0.3, 0.4) is 0 Å². The first-order valence-electron chi connectivity index (χ1n) is 6.03. The number of hydrogen-bond acceptors (Lipinski definition) is 3. The summed E-state index contributed by atoms with van der Waals surface area (Å²) in [7, 11) is 1.92. The summed E-state index contributed by atoms with van der Waals surface area (Å²) in [5.74, 6) is 1.47. The first-order valence-corrected chi connectivity index (χ1v) is 6.41. The van der Waals surface area contributed by atoms with E-state index in [1.807, 2.05) is 18.5 Å². The number of nitrogens with zero attached hydrogens (tertiary/aromatic N) is 2. The number of ether oxygens (including phenoxy) is 1. The highest BCUT2D eigenvalue weighted by molar-refractivity contribution is 6.29. The normalized spacial score (nSPS) is 13.3. The highest BCUT2D eigenvalue weighted by Gasteiger charge is 2.14. The molecule has 1 aromatic heterocycles. The second kappa shape index (κ2) is 6.99. The average molecular weight is 260 g/mol. The van der Waals surface area contributed by atoms with Gasteiger partial charge >= 0.3 is 0 Å². The van der Waals surface area contributed by atoms with Gasteiger partial charge in [-0.2, -0.15) is 0 Å². The first kappa shape index (κ1) is 14.5. The average Bonchev–Trinajstić information content (AvgIpc) is 2.60. The molecular formula is C12H22ClN3O. The summed E-state index contributed by atoms with van der Waals surface area (Å²) < 4.78 is 7.35. The molecule has 0 aliphatic heterocycles. The van der Waals surface area contributed by atoms with Crippen LogP contribution in [0.15, 0.2) is 6.20 Å². The Labute approximate surface area is 108 Å². The van der Waals surface area contributed by atoms with Crippen LogP contribution in [0.1, 0.15) is 26.6 Å². The maximum absolute atomic E-state index is 5.94. The second-order valence-electron chi connectivity index (χ2n) is 4.45. The Morgan fingerprint density at radius 3 is 2.71 bits per heavy atom. The van der Waals surface area contributed by atoms with Gasteiger partial charge in [0.2, 0.25) is 0 Å². The van der Waals surface area contributed by atoms with E-state index in [9.17, 15) is 0 Å². The molecule has 5 heteroatoms. The molecule has 0 amide bonds. The number of halogens is 1. The van der Waals surface area contributed by atoms with Crippen molar-refractivity contribution in [2.45, 2.75) is 33.4 Å². The lowest BCUT2D eigenvalue weighted by Gasteiger charge is -2.22. The van der Waals surface area contributed by atoms with Gasteiger partial charge in [0.05, 0.1) is 19.3 Å². The molecule has 1 atom stereocenters. The van der Waals surface area contributed by atoms with Gasteiger partial charge < -0.3 is 14.6 Å². The summed E-state index contributed by atoms with van der Waals surface area (Å²) in [4.78, 5) is 4.25. The highest BCUT2D eigenvalue weighted by Crippen LogP contribution is 2.10. The van der Waals surface area contributed by atoms with Gasteiger partial charge in [0.15, 0.2) is 0 Å². The number of aromatic nitrogens is 2. The molecular weight excluding hydrogens is 238 g/mol. The van der Waals surface area contributed by atoms with Gasteiger partial charge in [-0.15, -0.1) is 0 Å². The van der Waals surface area contributed by atoms with E-state index in [0.29, 0.717) is 23.7 Å². The zero-order valence-electron chi connectivity index (χ0n) is 11.0. The van der Waals surface area contributed by atoms with Crippen molar-refractivity contribution >= 4 is 11.6 Å². The standard InChI is InChI=1S/C12H22ClN3O/c1-5-17-8-10(9(2)3)14-7-12-15-6-11(13)16(12)4/h6,9-10,14H,5,7-8H2,1-4H3. The number of nitrogens with one attached hydrogen (secondary N) is 1. The molecule has 0 spiro atoms. The number of hydrogen-bond donors (Lipinski definition) is 1. The number of rotatable bonds is 7. The zero-order chi connectivity index (χ0) is 12.8. The van der Waals surface area contributed by atoms with Crippen LogP contribution in [-0.4, -0.2) is 28.8 Å². The molecule has 98 valence electrons. The third-order valence-corrected chi connectivity index (χ3v) is 3.21. The van der Waals surface area contributed by atoms with Gasteiger partial charge in [-0.05, 0) is 12.8 Å². The summed E-state index contributed by atoms with van der Waals surface area (Å²) in [5, 5.41) is 4.12. The molecule has 1 N–H and O–H groups in total. The van der Waals surface area contributed by atoms with Crippen LogP contribution in [0.25, 0.3) is 0 Å². The summed E-state index contributed by atoms with van der Waals surface area (Å²) in [6.45, 7) is 8.56. The minimum Gasteiger partial charge on any atom is -0.380 e. The van der Waals surface area contributed by atoms with Crippen molar-refractivity contribution in [3.8, 4) is 0 Å². The summed E-state index contributed by atoms with van der Waals surface area (Å²) in [6.07, 6.45) is 1.67. The van der Waals surface area contributed by atoms with Gasteiger partial charge in [0.1, 0.15) is 11.0 Å². The van der Waals surface area contributed by atoms with E-state index in [1.165, 1.54) is 0 Å². The molecule has 1 aromatic rings. The molecule has 0 aliphatic carbocycles. The highest BCUT2D eigenvalue weighted by atomic mass is 35.5. The molecule has 0 saturated heterocycles. The van der Waals surface area contributed by atoms with Crippen molar-refractivity contribution in [2.24, 2.45) is 13.0 Å². The maximum Gasteiger partial charge on any atom is 0.128 e. The molecule has 17 heavy (non-hydrogen) atoms. The molecule has 0 saturated carbocycles. The van der Waals surface area contributed by atoms with E-state index in [-0.39, 0.29) is 0 Å². The summed E-state index contributed by atoms with van der Waals surface area (Å²) in [6, 6.07) is 0.338. The van der Waals surface area contributed by atoms with Crippen molar-refractivity contribution in [1.29, 1.82) is 0 Å². The van der Waals surface area contributed by atoms with E-state index >= 15 is 0 Å². The Morgan fingerprint density at radius 2 is 2.24 bits per heavy atom. The van der Waals surface area contributed by atoms with E-state index in [0.717, 1.165) is 19.0 Å². The van der Waals surface area contributed by atoms with Crippen molar-refractivity contribution in [3.05, 3.63) is 17.2 Å². The number of imidazole rings is 1. The molecule has 1 rings (SSSR count). The molecule has 0 aromatic carbocycles. The SMILES string of the molecule is CCOCC(NCc1ncc(Cl)n1C)C(C)C. The van der Waals surface area contributed by atoms with Crippen LogP contribution in [0.5, 0.6) is 0 Å². The lowest BCUT2D eigenvalue weighted by molar-refractivity contribution is 0.107. The zero-order valence-corrected chi connectivity index (χ0v) is 11.8. The van der Waals surface area contributed by atoms with Crippen LogP contribution in [-0.2, 0) is 18.3 Å². The predicted octanol–water partition coefficient (Wildman–Crippen LogP) is 2.22. The van der Waals surface area contributed by atoms with Crippen LogP contribution in [0, 0.1) is 5.92 Å². The van der Waals surface area contributed by atoms with Gasteiger partial charge in [0.25, 0.3) is 0 Å². The van der Waals surface area contributed by atoms with E-state index in [4.69, 9.17) is 16.3 Å². The third kappa shape index (κ3) is 4.30. The third-order valence-electron chi connectivity index (χ3n) is 2.86. The fourth-order valence-corrected chi connectivity index (χ4v) is 1.69. The van der Waals surface area contributed by atoms with Crippen molar-refractivity contribution in [1.82, 2.24) is 14.9 Å². The van der Waals surface area contributed by atoms with Crippen molar-refractivity contribution in [3.63, 3.8) is 0 Å². The van der Waals surface area contributed by atoms with Crippen molar-refractivity contribution in [2.75, 3.05) is 13.2 Å². The summed E-state index contributed by atoms with van der Waals surface area (Å²) >= 11 is 5.94. The Bertz CT molecular complexity index is 338. The van der Waals surface area contributed by atoms with Gasteiger partial charge in [-0.3, -0.25) is 0 Å². The molecule has 0 fully saturated rings. The topological polar surface area (TPSA) is 39.1 Å². The molecule has 1 heterocycles. The minimum atomic E-state index is 0.338. The fraction of sp³-hybridized carbons (Fsp3) is 0.750. The van der Waals surface area contributed by atoms with E-state index < -0.39 is 0 Å². The largest absolute Gasteiger partial charge is 0.380 e. The maximum atomic E-state index is 5.94. The van der Waals surface area contributed by atoms with Gasteiger partial charge in [0, 0.05) is 19.7 Å². The molecule has 4 nitrogen and oxygen atoms in total. The minimum absolute atomic E-state index is 0.338. The van der Waals surface area contributed by atoms with E-state index in [2.05, 4.69) is 24.1 Å². The van der Waals surface area contributed by atoms with Crippen molar-refractivity contribution < 1.29 is 4.74 Å². The first-order chi connectivity index (χ1) is 8.06. The Hall–Kier alpha value is -0.580. The van der Waals surface area contributed by atoms with E-state index in [1.54, 1.807) is 6.20 Å². The Balaban J connectivity index is 2.48. The van der Waals surface area contributed by atoms with Crippen LogP contribution in [0.4, 0.5) is 0 Å². The van der Waals surface area contributed by atoms with Gasteiger partial charge in [-0.25, -0.2) is 4.98 Å². The Morgan fingerprint density at radius 1 is 1.53 bits per heavy atom. The monoisotopic (exact) mass is 259 g/mol. The van der Waals surface area contributed by atoms with Crippen LogP contribution in [0.2, 0.25) is 5.15 Å². The molecule has 0 radical (unpaired) electrons. The lowest BCUT2D eigenvalue weighted by atomic mass is 10.1. The fourth-order valence-electron chi connectivity index (χ4n) is 1.54. The molecule has 0 aliphatic rings. The molecule has 0 bridgehead atoms. The van der Waals surface area contributed by atoms with Crippen LogP contribution >= 0.6 is 11.6 Å². The summed E-state index contributed by atoms with van der Waals surface area (Å²) in [5.41, 5.74) is 0.